The van der Waals surface area contributed by atoms with Gasteiger partial charge in [0, 0.05) is 16.8 Å². The van der Waals surface area contributed by atoms with E-state index in [-0.39, 0.29) is 0 Å². The average molecular weight is 248 g/mol. The Bertz CT molecular complexity index is 563. The predicted octanol–water partition coefficient (Wildman–Crippen LogP) is 3.20. The summed E-state index contributed by atoms with van der Waals surface area (Å²) in [5, 5.41) is 12.8. The van der Waals surface area contributed by atoms with Crippen molar-refractivity contribution in [2.45, 2.75) is 13.8 Å². The van der Waals surface area contributed by atoms with Gasteiger partial charge in [-0.3, -0.25) is 0 Å². The number of nitrogens with one attached hydrogen (secondary N) is 1. The van der Waals surface area contributed by atoms with Crippen molar-refractivity contribution in [3.05, 3.63) is 40.4 Å². The number of aromatic nitrogens is 1. The Morgan fingerprint density at radius 3 is 2.71 bits per heavy atom. The van der Waals surface area contributed by atoms with Crippen LogP contribution in [0.4, 0.5) is 10.8 Å². The van der Waals surface area contributed by atoms with Gasteiger partial charge in [-0.2, -0.15) is 0 Å². The Kier molecular flexibility index (Phi) is 3.10. The highest BCUT2D eigenvalue weighted by Crippen LogP contribution is 2.24. The van der Waals surface area contributed by atoms with Crippen molar-refractivity contribution in [1.82, 2.24) is 4.98 Å². The number of nitrogens with zero attached hydrogens (tertiary/aromatic N) is 1. The maximum atomic E-state index is 10.8. The van der Waals surface area contributed by atoms with Gasteiger partial charge in [0.05, 0.1) is 5.56 Å². The molecule has 2 N–H and O–H groups in total. The Morgan fingerprint density at radius 1 is 1.41 bits per heavy atom. The molecule has 1 heterocycles. The van der Waals surface area contributed by atoms with Gasteiger partial charge in [0.25, 0.3) is 0 Å². The Balaban J connectivity index is 2.25. The summed E-state index contributed by atoms with van der Waals surface area (Å²) in [4.78, 5) is 16.1. The van der Waals surface area contributed by atoms with Crippen molar-refractivity contribution in [2.75, 3.05) is 5.32 Å². The molecule has 0 aliphatic carbocycles. The summed E-state index contributed by atoms with van der Waals surface area (Å²) in [5.74, 6) is -0.912. The maximum absolute atomic E-state index is 10.8. The molecule has 0 fully saturated rings. The fraction of sp³-hybridized carbons (Fsp3) is 0.167. The van der Waals surface area contributed by atoms with Gasteiger partial charge in [0.1, 0.15) is 0 Å². The molecule has 88 valence electrons. The maximum Gasteiger partial charge on any atom is 0.335 e. The lowest BCUT2D eigenvalue weighted by molar-refractivity contribution is 0.0697. The van der Waals surface area contributed by atoms with Gasteiger partial charge in [-0.25, -0.2) is 9.78 Å². The molecule has 0 bridgehead atoms. The summed E-state index contributed by atoms with van der Waals surface area (Å²) >= 11 is 1.56. The lowest BCUT2D eigenvalue weighted by Gasteiger charge is -2.07. The summed E-state index contributed by atoms with van der Waals surface area (Å²) in [6, 6.07) is 4.98. The molecule has 17 heavy (non-hydrogen) atoms. The fourth-order valence-electron chi connectivity index (χ4n) is 1.46. The van der Waals surface area contributed by atoms with Crippen LogP contribution in [0, 0.1) is 13.8 Å². The quantitative estimate of drug-likeness (QED) is 0.875. The normalized spacial score (nSPS) is 10.2. The molecule has 4 nitrogen and oxygen atoms in total. The van der Waals surface area contributed by atoms with E-state index in [0.717, 1.165) is 21.3 Å². The minimum absolute atomic E-state index is 0.295. The second kappa shape index (κ2) is 4.55. The summed E-state index contributed by atoms with van der Waals surface area (Å²) in [6.45, 7) is 3.86. The van der Waals surface area contributed by atoms with Gasteiger partial charge < -0.3 is 10.4 Å². The molecule has 0 atom stereocenters. The topological polar surface area (TPSA) is 62.2 Å². The first-order valence-electron chi connectivity index (χ1n) is 5.09. The highest BCUT2D eigenvalue weighted by molar-refractivity contribution is 7.15. The third kappa shape index (κ3) is 2.62. The zero-order valence-corrected chi connectivity index (χ0v) is 10.3. The van der Waals surface area contributed by atoms with Crippen molar-refractivity contribution in [3.63, 3.8) is 0 Å². The number of carboxylic acid groups (broad SMARTS) is 1. The van der Waals surface area contributed by atoms with Crippen LogP contribution in [0.2, 0.25) is 0 Å². The fourth-order valence-corrected chi connectivity index (χ4v) is 2.14. The lowest BCUT2D eigenvalue weighted by Crippen LogP contribution is -1.99. The zero-order valence-electron chi connectivity index (χ0n) is 9.52. The van der Waals surface area contributed by atoms with Crippen molar-refractivity contribution >= 4 is 28.1 Å². The Labute approximate surface area is 103 Å². The van der Waals surface area contributed by atoms with E-state index in [1.54, 1.807) is 35.7 Å². The van der Waals surface area contributed by atoms with Crippen LogP contribution >= 0.6 is 11.3 Å². The minimum Gasteiger partial charge on any atom is -0.478 e. The number of carboxylic acids is 1. The second-order valence-electron chi connectivity index (χ2n) is 3.74. The zero-order chi connectivity index (χ0) is 12.4. The summed E-state index contributed by atoms with van der Waals surface area (Å²) < 4.78 is 0. The van der Waals surface area contributed by atoms with E-state index in [1.807, 2.05) is 13.8 Å². The molecule has 1 aromatic carbocycles. The van der Waals surface area contributed by atoms with Gasteiger partial charge in [0.2, 0.25) is 0 Å². The molecule has 2 rings (SSSR count). The first-order valence-corrected chi connectivity index (χ1v) is 5.91. The number of carbonyl (C=O) groups is 1. The number of anilines is 2. The monoisotopic (exact) mass is 248 g/mol. The molecule has 0 saturated heterocycles. The molecule has 0 amide bonds. The number of benzene rings is 1. The third-order valence-electron chi connectivity index (χ3n) is 2.34. The lowest BCUT2D eigenvalue weighted by atomic mass is 10.1. The number of aromatic carboxylic acids is 1. The van der Waals surface area contributed by atoms with Gasteiger partial charge in [0.15, 0.2) is 5.13 Å². The molecule has 0 spiro atoms. The molecular formula is C12H12N2O2S. The first kappa shape index (κ1) is 11.6. The van der Waals surface area contributed by atoms with Gasteiger partial charge in [-0.1, -0.05) is 0 Å². The smallest absolute Gasteiger partial charge is 0.335 e. The summed E-state index contributed by atoms with van der Waals surface area (Å²) in [6.07, 6.45) is 1.80. The van der Waals surface area contributed by atoms with E-state index in [9.17, 15) is 4.79 Å². The summed E-state index contributed by atoms with van der Waals surface area (Å²) in [5.41, 5.74) is 2.06. The van der Waals surface area contributed by atoms with Crippen molar-refractivity contribution in [1.29, 1.82) is 0 Å². The van der Waals surface area contributed by atoms with Gasteiger partial charge >= 0.3 is 5.97 Å². The first-order chi connectivity index (χ1) is 8.06. The number of hydrogen-bond acceptors (Lipinski definition) is 4. The van der Waals surface area contributed by atoms with Crippen molar-refractivity contribution in [3.8, 4) is 0 Å². The van der Waals surface area contributed by atoms with Gasteiger partial charge in [-0.15, -0.1) is 11.3 Å². The molecular weight excluding hydrogens is 236 g/mol. The average Bonchev–Trinajstić information content (AvgIpc) is 2.67. The van der Waals surface area contributed by atoms with Crippen LogP contribution in [-0.4, -0.2) is 16.1 Å². The predicted molar refractivity (Wildman–Crippen MR) is 68.3 cm³/mol. The van der Waals surface area contributed by atoms with Crippen LogP contribution in [0.1, 0.15) is 20.8 Å². The van der Waals surface area contributed by atoms with Gasteiger partial charge in [-0.05, 0) is 37.6 Å². The van der Waals surface area contributed by atoms with E-state index in [1.165, 1.54) is 0 Å². The van der Waals surface area contributed by atoms with Crippen LogP contribution in [-0.2, 0) is 0 Å². The number of aryl methyl sites for hydroxylation is 2. The highest BCUT2D eigenvalue weighted by Gasteiger charge is 2.06. The van der Waals surface area contributed by atoms with Crippen molar-refractivity contribution in [2.24, 2.45) is 0 Å². The largest absolute Gasteiger partial charge is 0.478 e. The molecule has 0 radical (unpaired) electrons. The van der Waals surface area contributed by atoms with E-state index in [4.69, 9.17) is 5.11 Å². The molecule has 5 heteroatoms. The van der Waals surface area contributed by atoms with Crippen molar-refractivity contribution < 1.29 is 9.90 Å². The third-order valence-corrected chi connectivity index (χ3v) is 3.16. The molecule has 0 unspecified atom stereocenters. The number of thiazole rings is 1. The standard InChI is InChI=1S/C12H12N2O2S/c1-7-5-9(11(15)16)3-4-10(7)14-12-13-6-8(2)17-12/h3-6H,1-2H3,(H,13,14)(H,15,16). The Morgan fingerprint density at radius 2 is 2.18 bits per heavy atom. The van der Waals surface area contributed by atoms with Crippen LogP contribution in [0.3, 0.4) is 0 Å². The summed E-state index contributed by atoms with van der Waals surface area (Å²) in [7, 11) is 0. The molecule has 1 aromatic heterocycles. The minimum atomic E-state index is -0.912. The van der Waals surface area contributed by atoms with Crippen LogP contribution in [0.15, 0.2) is 24.4 Å². The molecule has 0 saturated carbocycles. The highest BCUT2D eigenvalue weighted by atomic mass is 32.1. The van der Waals surface area contributed by atoms with Crippen LogP contribution in [0.25, 0.3) is 0 Å². The second-order valence-corrected chi connectivity index (χ2v) is 4.97. The number of rotatable bonds is 3. The Hall–Kier alpha value is -1.88. The molecule has 0 aliphatic heterocycles. The van der Waals surface area contributed by atoms with Crippen LogP contribution in [0.5, 0.6) is 0 Å². The number of hydrogen-bond donors (Lipinski definition) is 2. The van der Waals surface area contributed by atoms with Crippen LogP contribution < -0.4 is 5.32 Å². The van der Waals surface area contributed by atoms with E-state index < -0.39 is 5.97 Å². The molecule has 2 aromatic rings. The molecule has 0 aliphatic rings. The van der Waals surface area contributed by atoms with E-state index in [0.29, 0.717) is 5.56 Å². The van der Waals surface area contributed by atoms with E-state index >= 15 is 0 Å². The van der Waals surface area contributed by atoms with E-state index in [2.05, 4.69) is 10.3 Å². The SMILES string of the molecule is Cc1cnc(Nc2ccc(C(=O)O)cc2C)s1.